The van der Waals surface area contributed by atoms with Gasteiger partial charge < -0.3 is 19.7 Å². The number of thiazole rings is 1. The van der Waals surface area contributed by atoms with Crippen molar-refractivity contribution in [2.24, 2.45) is 0 Å². The molecular weight excluding hydrogens is 567 g/mol. The summed E-state index contributed by atoms with van der Waals surface area (Å²) in [5.74, 6) is -1.33. The fraction of sp³-hybridized carbons (Fsp3) is 0.318. The van der Waals surface area contributed by atoms with Crippen LogP contribution in [0.1, 0.15) is 38.7 Å². The van der Waals surface area contributed by atoms with E-state index in [1.54, 1.807) is 11.8 Å². The van der Waals surface area contributed by atoms with Gasteiger partial charge in [-0.15, -0.1) is 24.5 Å². The van der Waals surface area contributed by atoms with Gasteiger partial charge in [-0.3, -0.25) is 19.6 Å². The molecule has 0 radical (unpaired) electrons. The number of ether oxygens (including phenoxy) is 2. The summed E-state index contributed by atoms with van der Waals surface area (Å²) in [6, 6.07) is 2.77. The molecule has 3 heterocycles. The lowest BCUT2D eigenvalue weighted by atomic mass is 10.1. The van der Waals surface area contributed by atoms with Crippen LogP contribution >= 0.6 is 27.3 Å². The van der Waals surface area contributed by atoms with E-state index in [4.69, 9.17) is 4.74 Å². The molecule has 190 valence electrons. The van der Waals surface area contributed by atoms with E-state index in [-0.39, 0.29) is 15.9 Å². The first-order valence-electron chi connectivity index (χ1n) is 10.6. The first-order valence-corrected chi connectivity index (χ1v) is 12.2. The Bertz CT molecular complexity index is 1270. The van der Waals surface area contributed by atoms with E-state index in [0.717, 1.165) is 23.5 Å². The van der Waals surface area contributed by atoms with Crippen molar-refractivity contribution in [2.75, 3.05) is 26.3 Å². The Morgan fingerprint density at radius 1 is 1.17 bits per heavy atom. The van der Waals surface area contributed by atoms with E-state index in [1.807, 2.05) is 0 Å². The van der Waals surface area contributed by atoms with E-state index >= 15 is 0 Å². The highest BCUT2D eigenvalue weighted by Crippen LogP contribution is 2.30. The Labute approximate surface area is 215 Å². The Kier molecular flexibility index (Phi) is 7.85. The van der Waals surface area contributed by atoms with Crippen LogP contribution in [0.4, 0.5) is 13.2 Å². The summed E-state index contributed by atoms with van der Waals surface area (Å²) in [5.41, 5.74) is 0.715. The van der Waals surface area contributed by atoms with Crippen LogP contribution in [0.15, 0.2) is 41.3 Å². The number of nitrogens with one attached hydrogen (secondary N) is 1. The van der Waals surface area contributed by atoms with E-state index in [2.05, 4.69) is 40.9 Å². The van der Waals surface area contributed by atoms with Crippen LogP contribution < -0.4 is 10.1 Å². The zero-order valence-corrected chi connectivity index (χ0v) is 21.1. The number of benzene rings is 1. The van der Waals surface area contributed by atoms with Crippen molar-refractivity contribution in [2.45, 2.75) is 19.3 Å². The summed E-state index contributed by atoms with van der Waals surface area (Å²) in [7, 11) is 0. The van der Waals surface area contributed by atoms with Gasteiger partial charge in [0.1, 0.15) is 21.3 Å². The predicted octanol–water partition coefficient (Wildman–Crippen LogP) is 4.22. The molecule has 0 saturated carbocycles. The van der Waals surface area contributed by atoms with Gasteiger partial charge in [0.05, 0.1) is 31.1 Å². The Balaban J connectivity index is 1.53. The molecule has 0 spiro atoms. The number of hydrogen-bond donors (Lipinski definition) is 1. The highest BCUT2D eigenvalue weighted by Gasteiger charge is 2.31. The minimum Gasteiger partial charge on any atom is -0.406 e. The molecule has 0 bridgehead atoms. The molecule has 1 aromatic carbocycles. The molecule has 1 fully saturated rings. The summed E-state index contributed by atoms with van der Waals surface area (Å²) >= 11 is 4.25. The zero-order valence-electron chi connectivity index (χ0n) is 18.7. The SMILES string of the molecule is CC(NC(=O)c1cc(Br)cc(OC(F)(F)F)c1)c1nccnc1-c1ncc(C(=O)N2CCOCC2)s1. The molecule has 2 aromatic heterocycles. The molecule has 14 heteroatoms. The van der Waals surface area contributed by atoms with Crippen molar-refractivity contribution in [1.82, 2.24) is 25.2 Å². The van der Waals surface area contributed by atoms with E-state index in [1.165, 1.54) is 24.7 Å². The van der Waals surface area contributed by atoms with Gasteiger partial charge in [-0.05, 0) is 25.1 Å². The second kappa shape index (κ2) is 10.9. The molecule has 3 aromatic rings. The first-order chi connectivity index (χ1) is 17.1. The van der Waals surface area contributed by atoms with Crippen LogP contribution in [0.3, 0.4) is 0 Å². The quantitative estimate of drug-likeness (QED) is 0.461. The van der Waals surface area contributed by atoms with Gasteiger partial charge in [-0.1, -0.05) is 15.9 Å². The number of halogens is 4. The number of hydrogen-bond acceptors (Lipinski definition) is 8. The lowest BCUT2D eigenvalue weighted by Crippen LogP contribution is -2.40. The molecule has 1 saturated heterocycles. The molecule has 1 aliphatic rings. The monoisotopic (exact) mass is 585 g/mol. The van der Waals surface area contributed by atoms with E-state index < -0.39 is 24.1 Å². The molecule has 1 N–H and O–H groups in total. The lowest BCUT2D eigenvalue weighted by Gasteiger charge is -2.26. The van der Waals surface area contributed by atoms with Crippen molar-refractivity contribution in [1.29, 1.82) is 0 Å². The summed E-state index contributed by atoms with van der Waals surface area (Å²) in [5, 5.41) is 3.15. The number of morpholine rings is 1. The molecule has 1 aliphatic heterocycles. The van der Waals surface area contributed by atoms with Crippen LogP contribution in [-0.2, 0) is 4.74 Å². The molecule has 2 amide bonds. The number of aromatic nitrogens is 3. The highest BCUT2D eigenvalue weighted by molar-refractivity contribution is 9.10. The summed E-state index contributed by atoms with van der Waals surface area (Å²) < 4.78 is 47.3. The molecule has 36 heavy (non-hydrogen) atoms. The minimum absolute atomic E-state index is 0.0476. The van der Waals surface area contributed by atoms with Gasteiger partial charge in [0, 0.05) is 35.5 Å². The number of carbonyl (C=O) groups is 2. The van der Waals surface area contributed by atoms with Crippen molar-refractivity contribution in [3.8, 4) is 16.5 Å². The topological polar surface area (TPSA) is 107 Å². The van der Waals surface area contributed by atoms with Crippen molar-refractivity contribution in [3.63, 3.8) is 0 Å². The third-order valence-corrected chi connectivity index (χ3v) is 6.52. The van der Waals surface area contributed by atoms with Crippen LogP contribution in [-0.4, -0.2) is 64.3 Å². The number of rotatable bonds is 6. The number of alkyl halides is 3. The van der Waals surface area contributed by atoms with Crippen molar-refractivity contribution >= 4 is 39.1 Å². The first kappa shape index (κ1) is 26.0. The van der Waals surface area contributed by atoms with E-state index in [9.17, 15) is 22.8 Å². The Morgan fingerprint density at radius 2 is 1.89 bits per heavy atom. The molecule has 1 atom stereocenters. The smallest absolute Gasteiger partial charge is 0.406 e. The minimum atomic E-state index is -4.90. The average Bonchev–Trinajstić information content (AvgIpc) is 3.33. The van der Waals surface area contributed by atoms with Gasteiger partial charge in [0.15, 0.2) is 0 Å². The number of amides is 2. The second-order valence-corrected chi connectivity index (χ2v) is 9.59. The Morgan fingerprint density at radius 3 is 2.61 bits per heavy atom. The summed E-state index contributed by atoms with van der Waals surface area (Å²) in [6.07, 6.45) is -0.508. The summed E-state index contributed by atoms with van der Waals surface area (Å²) in [6.45, 7) is 3.60. The Hall–Kier alpha value is -3.10. The number of carbonyl (C=O) groups excluding carboxylic acids is 2. The van der Waals surface area contributed by atoms with Crippen LogP contribution in [0.2, 0.25) is 0 Å². The van der Waals surface area contributed by atoms with Gasteiger partial charge in [0.2, 0.25) is 0 Å². The van der Waals surface area contributed by atoms with Gasteiger partial charge >= 0.3 is 6.36 Å². The maximum atomic E-state index is 12.8. The molecule has 4 rings (SSSR count). The van der Waals surface area contributed by atoms with Gasteiger partial charge in [0.25, 0.3) is 11.8 Å². The lowest BCUT2D eigenvalue weighted by molar-refractivity contribution is -0.274. The maximum absolute atomic E-state index is 12.8. The second-order valence-electron chi connectivity index (χ2n) is 7.64. The molecular formula is C22H19BrF3N5O4S. The fourth-order valence-corrected chi connectivity index (χ4v) is 4.83. The average molecular weight is 586 g/mol. The normalized spacial score (nSPS) is 14.9. The predicted molar refractivity (Wildman–Crippen MR) is 127 cm³/mol. The van der Waals surface area contributed by atoms with Crippen LogP contribution in [0.25, 0.3) is 10.7 Å². The maximum Gasteiger partial charge on any atom is 0.573 e. The van der Waals surface area contributed by atoms with Crippen LogP contribution in [0, 0.1) is 0 Å². The molecule has 1 unspecified atom stereocenters. The largest absolute Gasteiger partial charge is 0.573 e. The summed E-state index contributed by atoms with van der Waals surface area (Å²) in [4.78, 5) is 40.7. The molecule has 9 nitrogen and oxygen atoms in total. The third kappa shape index (κ3) is 6.36. The van der Waals surface area contributed by atoms with Crippen LogP contribution in [0.5, 0.6) is 5.75 Å². The molecule has 0 aliphatic carbocycles. The third-order valence-electron chi connectivity index (χ3n) is 5.07. The number of nitrogens with zero attached hydrogens (tertiary/aromatic N) is 4. The van der Waals surface area contributed by atoms with Gasteiger partial charge in [-0.25, -0.2) is 4.98 Å². The zero-order chi connectivity index (χ0) is 25.9. The highest BCUT2D eigenvalue weighted by atomic mass is 79.9. The van der Waals surface area contributed by atoms with Gasteiger partial charge in [-0.2, -0.15) is 0 Å². The van der Waals surface area contributed by atoms with Crippen molar-refractivity contribution < 1.29 is 32.2 Å². The van der Waals surface area contributed by atoms with E-state index in [0.29, 0.717) is 47.6 Å². The fourth-order valence-electron chi connectivity index (χ4n) is 3.47. The standard InChI is InChI=1S/C22H19BrF3N5O4S/c1-12(30-19(32)13-8-14(23)10-15(9-13)35-22(24,25)26)17-18(28-3-2-27-17)20-29-11-16(36-20)21(33)31-4-6-34-7-5-31/h2-3,8-12H,4-7H2,1H3,(H,30,32). The van der Waals surface area contributed by atoms with Crippen molar-refractivity contribution in [3.05, 3.63) is 57.4 Å².